The molecule has 1 aromatic carbocycles. The van der Waals surface area contributed by atoms with Crippen LogP contribution in [0.1, 0.15) is 6.92 Å². The van der Waals surface area contributed by atoms with Crippen molar-refractivity contribution in [2.75, 3.05) is 12.9 Å². The first kappa shape index (κ1) is 13.7. The molecule has 98 valence electrons. The van der Waals surface area contributed by atoms with Crippen LogP contribution in [0.2, 0.25) is 0 Å². The lowest BCUT2D eigenvalue weighted by Crippen LogP contribution is -2.36. The highest BCUT2D eigenvalue weighted by Crippen LogP contribution is 2.38. The van der Waals surface area contributed by atoms with Gasteiger partial charge in [0, 0.05) is 19.0 Å². The van der Waals surface area contributed by atoms with Crippen molar-refractivity contribution in [1.82, 2.24) is 4.31 Å². The summed E-state index contributed by atoms with van der Waals surface area (Å²) in [4.78, 5) is 0.174. The van der Waals surface area contributed by atoms with E-state index in [-0.39, 0.29) is 16.8 Å². The van der Waals surface area contributed by atoms with E-state index in [4.69, 9.17) is 11.6 Å². The van der Waals surface area contributed by atoms with Gasteiger partial charge in [-0.15, -0.1) is 11.6 Å². The highest BCUT2D eigenvalue weighted by Gasteiger charge is 2.29. The van der Waals surface area contributed by atoms with Gasteiger partial charge in [-0.25, -0.2) is 8.42 Å². The largest absolute Gasteiger partial charge is 0.245 e. The fourth-order valence-electron chi connectivity index (χ4n) is 1.48. The second-order valence-corrected chi connectivity index (χ2v) is 6.72. The third-order valence-corrected chi connectivity index (χ3v) is 5.74. The zero-order chi connectivity index (χ0) is 13.3. The van der Waals surface area contributed by atoms with E-state index in [1.54, 1.807) is 19.1 Å². The van der Waals surface area contributed by atoms with E-state index in [2.05, 4.69) is 8.73 Å². The van der Waals surface area contributed by atoms with Crippen LogP contribution in [0.3, 0.4) is 0 Å². The minimum absolute atomic E-state index is 0.174. The molecule has 2 rings (SSSR count). The fourth-order valence-corrected chi connectivity index (χ4v) is 3.88. The van der Waals surface area contributed by atoms with Crippen LogP contribution in [0.15, 0.2) is 31.8 Å². The van der Waals surface area contributed by atoms with Crippen molar-refractivity contribution >= 4 is 44.4 Å². The Kier molecular flexibility index (Phi) is 3.86. The van der Waals surface area contributed by atoms with Crippen LogP contribution < -0.4 is 0 Å². The topological polar surface area (TPSA) is 62.1 Å². The first-order chi connectivity index (χ1) is 8.48. The summed E-state index contributed by atoms with van der Waals surface area (Å²) >= 11 is 6.71. The van der Waals surface area contributed by atoms with Gasteiger partial charge in [-0.3, -0.25) is 0 Å². The fraction of sp³-hybridized carbons (Fsp3) is 0.400. The molecule has 0 N–H and O–H groups in total. The lowest BCUT2D eigenvalue weighted by atomic mass is 10.3. The number of benzene rings is 1. The van der Waals surface area contributed by atoms with Crippen LogP contribution in [-0.2, 0) is 21.4 Å². The Bertz CT molecular complexity index is 639. The van der Waals surface area contributed by atoms with Crippen LogP contribution in [0.25, 0.3) is 0 Å². The molecule has 1 aromatic rings. The van der Waals surface area contributed by atoms with E-state index < -0.39 is 10.0 Å². The maximum absolute atomic E-state index is 12.4. The van der Waals surface area contributed by atoms with Crippen LogP contribution in [0.4, 0.5) is 11.4 Å². The summed E-state index contributed by atoms with van der Waals surface area (Å²) in [6, 6.07) is 4.66. The van der Waals surface area contributed by atoms with Gasteiger partial charge in [0.2, 0.25) is 10.0 Å². The summed E-state index contributed by atoms with van der Waals surface area (Å²) in [7, 11) is -2.08. The molecular formula is C10H12ClN3O2S2. The zero-order valence-corrected chi connectivity index (χ0v) is 12.3. The van der Waals surface area contributed by atoms with Crippen molar-refractivity contribution in [3.8, 4) is 0 Å². The van der Waals surface area contributed by atoms with E-state index in [9.17, 15) is 8.42 Å². The molecule has 1 unspecified atom stereocenters. The predicted molar refractivity (Wildman–Crippen MR) is 73.1 cm³/mol. The molecule has 0 fully saturated rings. The molecule has 1 atom stereocenters. The van der Waals surface area contributed by atoms with Gasteiger partial charge >= 0.3 is 0 Å². The Balaban J connectivity index is 2.50. The predicted octanol–water partition coefficient (Wildman–Crippen LogP) is 2.66. The number of nitrogens with zero attached hydrogens (tertiary/aromatic N) is 3. The number of hydrogen-bond acceptors (Lipinski definition) is 4. The van der Waals surface area contributed by atoms with Crippen LogP contribution in [0, 0.1) is 0 Å². The number of halogens is 1. The summed E-state index contributed by atoms with van der Waals surface area (Å²) in [5.41, 5.74) is 1.00. The molecule has 1 aliphatic rings. The maximum atomic E-state index is 12.4. The molecule has 0 aliphatic carbocycles. The standard InChI is InChI=1S/C10H12ClN3O2S2/c1-7(6-11)14(2)18(15,16)9-5-3-4-8-10(9)13-17-12-8/h3-5,7H,6H2,1-2H3. The lowest BCUT2D eigenvalue weighted by Gasteiger charge is -2.22. The summed E-state index contributed by atoms with van der Waals surface area (Å²) in [5.74, 6) is 0.237. The number of rotatable bonds is 4. The van der Waals surface area contributed by atoms with Gasteiger partial charge in [-0.2, -0.15) is 13.0 Å². The molecule has 0 saturated carbocycles. The summed E-state index contributed by atoms with van der Waals surface area (Å²) in [6.45, 7) is 1.75. The Morgan fingerprint density at radius 2 is 2.17 bits per heavy atom. The van der Waals surface area contributed by atoms with Gasteiger partial charge in [-0.05, 0) is 19.1 Å². The summed E-state index contributed by atoms with van der Waals surface area (Å²) in [6.07, 6.45) is 0. The molecule has 1 aliphatic heterocycles. The van der Waals surface area contributed by atoms with Gasteiger partial charge < -0.3 is 0 Å². The second kappa shape index (κ2) is 5.08. The summed E-state index contributed by atoms with van der Waals surface area (Å²) < 4.78 is 34.2. The van der Waals surface area contributed by atoms with Crippen molar-refractivity contribution in [2.45, 2.75) is 17.9 Å². The minimum Gasteiger partial charge on any atom is -0.207 e. The Labute approximate surface area is 115 Å². The Morgan fingerprint density at radius 3 is 2.83 bits per heavy atom. The number of sulfonamides is 1. The highest BCUT2D eigenvalue weighted by atomic mass is 35.5. The van der Waals surface area contributed by atoms with Crippen LogP contribution in [-0.4, -0.2) is 31.7 Å². The third kappa shape index (κ3) is 2.23. The van der Waals surface area contributed by atoms with E-state index in [1.807, 2.05) is 0 Å². The molecule has 5 nitrogen and oxygen atoms in total. The van der Waals surface area contributed by atoms with E-state index >= 15 is 0 Å². The Hall–Kier alpha value is -0.760. The minimum atomic E-state index is -3.59. The molecule has 8 heteroatoms. The molecule has 18 heavy (non-hydrogen) atoms. The van der Waals surface area contributed by atoms with Crippen molar-refractivity contribution in [3.63, 3.8) is 0 Å². The van der Waals surface area contributed by atoms with Crippen molar-refractivity contribution in [2.24, 2.45) is 8.73 Å². The molecular weight excluding hydrogens is 294 g/mol. The molecule has 0 amide bonds. The SMILES string of the molecule is CC(CCl)N(C)S(=O)(=O)c1cccc2c1N=S=N2. The quantitative estimate of drug-likeness (QED) is 0.815. The number of alkyl halides is 1. The summed E-state index contributed by atoms with van der Waals surface area (Å²) in [5, 5.41) is 0. The molecule has 0 radical (unpaired) electrons. The van der Waals surface area contributed by atoms with Crippen molar-refractivity contribution < 1.29 is 8.42 Å². The van der Waals surface area contributed by atoms with Crippen molar-refractivity contribution in [3.05, 3.63) is 18.2 Å². The lowest BCUT2D eigenvalue weighted by molar-refractivity contribution is 0.414. The van der Waals surface area contributed by atoms with Gasteiger partial charge in [0.15, 0.2) is 0 Å². The first-order valence-corrected chi connectivity index (χ1v) is 7.94. The molecule has 0 bridgehead atoms. The third-order valence-electron chi connectivity index (χ3n) is 2.75. The van der Waals surface area contributed by atoms with E-state index in [0.29, 0.717) is 11.4 Å². The van der Waals surface area contributed by atoms with E-state index in [0.717, 1.165) is 11.4 Å². The van der Waals surface area contributed by atoms with Gasteiger partial charge in [0.25, 0.3) is 0 Å². The smallest absolute Gasteiger partial charge is 0.207 e. The normalized spacial score (nSPS) is 15.6. The maximum Gasteiger partial charge on any atom is 0.245 e. The highest BCUT2D eigenvalue weighted by molar-refractivity contribution is 7.89. The second-order valence-electron chi connectivity index (χ2n) is 3.91. The molecule has 0 saturated heterocycles. The van der Waals surface area contributed by atoms with Gasteiger partial charge in [0.05, 0.1) is 11.4 Å². The first-order valence-electron chi connectivity index (χ1n) is 5.23. The van der Waals surface area contributed by atoms with E-state index in [1.165, 1.54) is 17.4 Å². The zero-order valence-electron chi connectivity index (χ0n) is 9.87. The van der Waals surface area contributed by atoms with Crippen molar-refractivity contribution in [1.29, 1.82) is 0 Å². The average molecular weight is 306 g/mol. The Morgan fingerprint density at radius 1 is 1.44 bits per heavy atom. The van der Waals surface area contributed by atoms with Gasteiger partial charge in [-0.1, -0.05) is 6.07 Å². The average Bonchev–Trinajstić information content (AvgIpc) is 2.84. The number of fused-ring (bicyclic) bond motifs is 1. The van der Waals surface area contributed by atoms with Gasteiger partial charge in [0.1, 0.15) is 16.3 Å². The molecule has 0 spiro atoms. The van der Waals surface area contributed by atoms with Crippen LogP contribution >= 0.6 is 11.6 Å². The molecule has 1 heterocycles. The monoisotopic (exact) mass is 305 g/mol. The molecule has 0 aromatic heterocycles. The van der Waals surface area contributed by atoms with Crippen LogP contribution in [0.5, 0.6) is 0 Å². The number of hydrogen-bond donors (Lipinski definition) is 0.